The minimum atomic E-state index is 0.368. The number of piperidine rings is 1. The number of aliphatic hydroxyl groups is 1. The van der Waals surface area contributed by atoms with Crippen molar-refractivity contribution in [1.29, 1.82) is 0 Å². The number of rotatable bonds is 5. The van der Waals surface area contributed by atoms with Crippen molar-refractivity contribution in [2.24, 2.45) is 17.3 Å². The van der Waals surface area contributed by atoms with Crippen molar-refractivity contribution < 1.29 is 5.11 Å². The molecule has 1 heterocycles. The zero-order valence-corrected chi connectivity index (χ0v) is 12.8. The fourth-order valence-corrected chi connectivity index (χ4v) is 4.06. The van der Waals surface area contributed by atoms with Gasteiger partial charge in [0, 0.05) is 26.2 Å². The standard InChI is InChI=1S/C16H32N2O/c1-14-5-7-16(8-6-14,12-17-2)13-18-9-3-4-15(10-18)11-19/h14-15,17,19H,3-13H2,1-2H3. The summed E-state index contributed by atoms with van der Waals surface area (Å²) in [5.74, 6) is 1.43. The van der Waals surface area contributed by atoms with Crippen LogP contribution in [-0.2, 0) is 0 Å². The van der Waals surface area contributed by atoms with E-state index in [-0.39, 0.29) is 0 Å². The first-order valence-electron chi connectivity index (χ1n) is 8.15. The van der Waals surface area contributed by atoms with Gasteiger partial charge in [-0.2, -0.15) is 0 Å². The quantitative estimate of drug-likeness (QED) is 0.801. The molecule has 1 atom stereocenters. The van der Waals surface area contributed by atoms with Gasteiger partial charge in [-0.3, -0.25) is 0 Å². The van der Waals surface area contributed by atoms with E-state index in [0.717, 1.165) is 19.0 Å². The predicted octanol–water partition coefficient (Wildman–Crippen LogP) is 2.11. The van der Waals surface area contributed by atoms with Crippen molar-refractivity contribution in [2.45, 2.75) is 45.4 Å². The molecule has 1 saturated carbocycles. The van der Waals surface area contributed by atoms with Gasteiger partial charge < -0.3 is 15.3 Å². The predicted molar refractivity (Wildman–Crippen MR) is 80.2 cm³/mol. The average Bonchev–Trinajstić information content (AvgIpc) is 2.43. The van der Waals surface area contributed by atoms with Crippen molar-refractivity contribution in [1.82, 2.24) is 10.2 Å². The molecule has 3 heteroatoms. The van der Waals surface area contributed by atoms with Crippen LogP contribution in [0.25, 0.3) is 0 Å². The Morgan fingerprint density at radius 1 is 1.26 bits per heavy atom. The van der Waals surface area contributed by atoms with Crippen molar-refractivity contribution in [3.8, 4) is 0 Å². The lowest BCUT2D eigenvalue weighted by Crippen LogP contribution is -2.48. The third kappa shape index (κ3) is 4.17. The molecule has 1 aliphatic carbocycles. The first-order valence-corrected chi connectivity index (χ1v) is 8.15. The number of aliphatic hydroxyl groups excluding tert-OH is 1. The molecule has 0 aromatic rings. The van der Waals surface area contributed by atoms with Gasteiger partial charge in [0.2, 0.25) is 0 Å². The van der Waals surface area contributed by atoms with E-state index in [9.17, 15) is 5.11 Å². The highest BCUT2D eigenvalue weighted by Crippen LogP contribution is 2.39. The summed E-state index contributed by atoms with van der Waals surface area (Å²) < 4.78 is 0. The summed E-state index contributed by atoms with van der Waals surface area (Å²) in [5.41, 5.74) is 0.485. The van der Waals surface area contributed by atoms with E-state index in [1.807, 2.05) is 0 Å². The first-order chi connectivity index (χ1) is 9.17. The SMILES string of the molecule is CNCC1(CN2CCCC(CO)C2)CCC(C)CC1. The lowest BCUT2D eigenvalue weighted by Gasteiger charge is -2.44. The number of hydrogen-bond acceptors (Lipinski definition) is 3. The molecule has 2 fully saturated rings. The monoisotopic (exact) mass is 268 g/mol. The zero-order chi connectivity index (χ0) is 13.7. The van der Waals surface area contributed by atoms with Crippen LogP contribution in [-0.4, -0.2) is 49.8 Å². The Kier molecular flexibility index (Phi) is 5.67. The minimum Gasteiger partial charge on any atom is -0.396 e. The Labute approximate surface area is 118 Å². The summed E-state index contributed by atoms with van der Waals surface area (Å²) >= 11 is 0. The third-order valence-electron chi connectivity index (χ3n) is 5.31. The second-order valence-corrected chi connectivity index (χ2v) is 7.14. The van der Waals surface area contributed by atoms with Gasteiger partial charge in [0.1, 0.15) is 0 Å². The minimum absolute atomic E-state index is 0.368. The molecule has 1 saturated heterocycles. The van der Waals surface area contributed by atoms with Crippen molar-refractivity contribution in [3.63, 3.8) is 0 Å². The van der Waals surface area contributed by atoms with E-state index < -0.39 is 0 Å². The topological polar surface area (TPSA) is 35.5 Å². The number of likely N-dealkylation sites (tertiary alicyclic amines) is 1. The number of nitrogens with zero attached hydrogens (tertiary/aromatic N) is 1. The summed E-state index contributed by atoms with van der Waals surface area (Å²) in [4.78, 5) is 2.62. The van der Waals surface area contributed by atoms with E-state index in [1.165, 1.54) is 51.6 Å². The smallest absolute Gasteiger partial charge is 0.0471 e. The Bertz CT molecular complexity index is 261. The van der Waals surface area contributed by atoms with Crippen LogP contribution in [0, 0.1) is 17.3 Å². The first kappa shape index (κ1) is 15.3. The van der Waals surface area contributed by atoms with Gasteiger partial charge in [-0.05, 0) is 56.5 Å². The molecule has 0 bridgehead atoms. The van der Waals surface area contributed by atoms with E-state index in [1.54, 1.807) is 0 Å². The highest BCUT2D eigenvalue weighted by atomic mass is 16.3. The molecular formula is C16H32N2O. The van der Waals surface area contributed by atoms with E-state index >= 15 is 0 Å². The Morgan fingerprint density at radius 2 is 2.00 bits per heavy atom. The molecule has 0 aromatic heterocycles. The fraction of sp³-hybridized carbons (Fsp3) is 1.00. The molecule has 0 aromatic carbocycles. The van der Waals surface area contributed by atoms with E-state index in [4.69, 9.17) is 0 Å². The maximum atomic E-state index is 9.38. The highest BCUT2D eigenvalue weighted by Gasteiger charge is 2.36. The molecule has 2 rings (SSSR count). The number of nitrogens with one attached hydrogen (secondary N) is 1. The second kappa shape index (κ2) is 7.05. The van der Waals surface area contributed by atoms with Gasteiger partial charge >= 0.3 is 0 Å². The van der Waals surface area contributed by atoms with E-state index in [0.29, 0.717) is 17.9 Å². The van der Waals surface area contributed by atoms with Crippen LogP contribution in [0.3, 0.4) is 0 Å². The normalized spacial score (nSPS) is 37.4. The van der Waals surface area contributed by atoms with Crippen LogP contribution in [0.4, 0.5) is 0 Å². The molecule has 0 radical (unpaired) electrons. The van der Waals surface area contributed by atoms with Crippen LogP contribution in [0.15, 0.2) is 0 Å². The van der Waals surface area contributed by atoms with Gasteiger partial charge in [-0.25, -0.2) is 0 Å². The van der Waals surface area contributed by atoms with Gasteiger partial charge in [0.15, 0.2) is 0 Å². The molecule has 112 valence electrons. The van der Waals surface area contributed by atoms with Gasteiger partial charge in [0.25, 0.3) is 0 Å². The molecule has 0 spiro atoms. The molecule has 1 unspecified atom stereocenters. The van der Waals surface area contributed by atoms with Crippen molar-refractivity contribution in [3.05, 3.63) is 0 Å². The third-order valence-corrected chi connectivity index (χ3v) is 5.31. The van der Waals surface area contributed by atoms with Gasteiger partial charge in [0.05, 0.1) is 0 Å². The molecule has 2 N–H and O–H groups in total. The summed E-state index contributed by atoms with van der Waals surface area (Å²) in [7, 11) is 2.09. The lowest BCUT2D eigenvalue weighted by atomic mass is 9.70. The van der Waals surface area contributed by atoms with Crippen LogP contribution in [0.5, 0.6) is 0 Å². The van der Waals surface area contributed by atoms with Crippen LogP contribution in [0.2, 0.25) is 0 Å². The molecule has 19 heavy (non-hydrogen) atoms. The molecule has 2 aliphatic rings. The van der Waals surface area contributed by atoms with Crippen LogP contribution in [0.1, 0.15) is 45.4 Å². The van der Waals surface area contributed by atoms with Crippen LogP contribution >= 0.6 is 0 Å². The maximum absolute atomic E-state index is 9.38. The maximum Gasteiger partial charge on any atom is 0.0471 e. The molecule has 1 aliphatic heterocycles. The average molecular weight is 268 g/mol. The van der Waals surface area contributed by atoms with Gasteiger partial charge in [-0.15, -0.1) is 0 Å². The Morgan fingerprint density at radius 3 is 2.63 bits per heavy atom. The lowest BCUT2D eigenvalue weighted by molar-refractivity contribution is 0.0505. The Balaban J connectivity index is 1.92. The molecular weight excluding hydrogens is 236 g/mol. The Hall–Kier alpha value is -0.120. The van der Waals surface area contributed by atoms with E-state index in [2.05, 4.69) is 24.2 Å². The molecule has 0 amide bonds. The summed E-state index contributed by atoms with van der Waals surface area (Å²) in [6.07, 6.45) is 7.99. The van der Waals surface area contributed by atoms with Gasteiger partial charge in [-0.1, -0.05) is 19.8 Å². The fourth-order valence-electron chi connectivity index (χ4n) is 4.06. The summed E-state index contributed by atoms with van der Waals surface area (Å²) in [5, 5.41) is 12.8. The molecule has 3 nitrogen and oxygen atoms in total. The zero-order valence-electron chi connectivity index (χ0n) is 12.8. The van der Waals surface area contributed by atoms with Crippen molar-refractivity contribution >= 4 is 0 Å². The summed E-state index contributed by atoms with van der Waals surface area (Å²) in [6, 6.07) is 0. The van der Waals surface area contributed by atoms with Crippen molar-refractivity contribution in [2.75, 3.05) is 39.8 Å². The largest absolute Gasteiger partial charge is 0.396 e. The second-order valence-electron chi connectivity index (χ2n) is 7.14. The highest BCUT2D eigenvalue weighted by molar-refractivity contribution is 4.90. The number of hydrogen-bond donors (Lipinski definition) is 2. The summed E-state index contributed by atoms with van der Waals surface area (Å²) in [6.45, 7) is 7.49. The van der Waals surface area contributed by atoms with Crippen LogP contribution < -0.4 is 5.32 Å².